The summed E-state index contributed by atoms with van der Waals surface area (Å²) in [6.45, 7) is 3.98. The highest BCUT2D eigenvalue weighted by molar-refractivity contribution is 5.75. The lowest BCUT2D eigenvalue weighted by Gasteiger charge is -2.27. The van der Waals surface area contributed by atoms with Gasteiger partial charge in [0.2, 0.25) is 0 Å². The molecule has 0 fully saturated rings. The first-order chi connectivity index (χ1) is 10.8. The first-order valence-corrected chi connectivity index (χ1v) is 7.97. The van der Waals surface area contributed by atoms with Crippen molar-refractivity contribution < 1.29 is 18.7 Å². The van der Waals surface area contributed by atoms with Gasteiger partial charge in [-0.15, -0.1) is 0 Å². The third-order valence-corrected chi connectivity index (χ3v) is 3.92. The van der Waals surface area contributed by atoms with Crippen LogP contribution < -0.4 is 0 Å². The molecule has 0 aliphatic heterocycles. The van der Waals surface area contributed by atoms with E-state index in [9.17, 15) is 9.18 Å². The number of hydrogen-bond acceptors (Lipinski definition) is 4. The summed E-state index contributed by atoms with van der Waals surface area (Å²) in [4.78, 5) is 13.9. The number of unbranched alkanes of at least 4 members (excludes halogenated alkanes) is 1. The van der Waals surface area contributed by atoms with Gasteiger partial charge >= 0.3 is 5.97 Å². The van der Waals surface area contributed by atoms with Crippen LogP contribution in [0, 0.1) is 0 Å². The lowest BCUT2D eigenvalue weighted by atomic mass is 10.0. The van der Waals surface area contributed by atoms with Crippen molar-refractivity contribution in [2.45, 2.75) is 44.8 Å². The second-order valence-corrected chi connectivity index (χ2v) is 6.01. The Kier molecular flexibility index (Phi) is 7.49. The minimum Gasteiger partial charge on any atom is -0.496 e. The number of hydrogen-bond donors (Lipinski definition) is 0. The summed E-state index contributed by atoms with van der Waals surface area (Å²) in [7, 11) is 4.80. The molecule has 0 aromatic carbocycles. The minimum absolute atomic E-state index is 0.265. The molecule has 0 aromatic rings. The van der Waals surface area contributed by atoms with Crippen LogP contribution in [0.2, 0.25) is 0 Å². The Labute approximate surface area is 138 Å². The molecule has 2 atom stereocenters. The Morgan fingerprint density at radius 3 is 2.70 bits per heavy atom. The van der Waals surface area contributed by atoms with Crippen molar-refractivity contribution >= 4 is 5.97 Å². The molecule has 1 aliphatic rings. The van der Waals surface area contributed by atoms with Crippen molar-refractivity contribution in [2.75, 3.05) is 27.8 Å². The van der Waals surface area contributed by atoms with E-state index in [0.29, 0.717) is 18.7 Å². The molecule has 23 heavy (non-hydrogen) atoms. The summed E-state index contributed by atoms with van der Waals surface area (Å²) >= 11 is 0. The largest absolute Gasteiger partial charge is 0.496 e. The molecule has 0 saturated carbocycles. The molecule has 130 valence electrons. The third-order valence-electron chi connectivity index (χ3n) is 3.92. The van der Waals surface area contributed by atoms with Gasteiger partial charge in [-0.3, -0.25) is 9.69 Å². The fraction of sp³-hybridized carbons (Fsp3) is 0.611. The molecule has 0 bridgehead atoms. The zero-order valence-electron chi connectivity index (χ0n) is 14.8. The topological polar surface area (TPSA) is 38.8 Å². The van der Waals surface area contributed by atoms with E-state index in [-0.39, 0.29) is 12.0 Å². The van der Waals surface area contributed by atoms with Gasteiger partial charge in [0.25, 0.3) is 0 Å². The van der Waals surface area contributed by atoms with Crippen molar-refractivity contribution in [3.8, 4) is 0 Å². The lowest BCUT2D eigenvalue weighted by Crippen LogP contribution is -2.40. The number of rotatable bonds is 8. The summed E-state index contributed by atoms with van der Waals surface area (Å²) in [5.74, 6) is 0.341. The van der Waals surface area contributed by atoms with Gasteiger partial charge in [0.1, 0.15) is 17.5 Å². The standard InChI is InChI=1S/C18H28FNO3/c1-6-7-9-15(17(21)23-5)20(3)13-14-12-18(2,19)11-8-10-16(14)22-4/h8,10-12,15H,6-7,9,13H2,1-5H3. The highest BCUT2D eigenvalue weighted by Crippen LogP contribution is 2.25. The second-order valence-electron chi connectivity index (χ2n) is 6.01. The van der Waals surface area contributed by atoms with E-state index in [1.165, 1.54) is 26.2 Å². The molecule has 0 spiro atoms. The Morgan fingerprint density at radius 1 is 1.43 bits per heavy atom. The first kappa shape index (κ1) is 19.4. The molecule has 0 heterocycles. The Morgan fingerprint density at radius 2 is 2.13 bits per heavy atom. The first-order valence-electron chi connectivity index (χ1n) is 7.97. The molecule has 0 N–H and O–H groups in total. The van der Waals surface area contributed by atoms with Gasteiger partial charge < -0.3 is 9.47 Å². The molecule has 0 amide bonds. The van der Waals surface area contributed by atoms with Gasteiger partial charge in [-0.2, -0.15) is 0 Å². The Balaban J connectivity index is 2.96. The summed E-state index contributed by atoms with van der Waals surface area (Å²) in [5.41, 5.74) is -0.827. The van der Waals surface area contributed by atoms with E-state index in [4.69, 9.17) is 9.47 Å². The van der Waals surface area contributed by atoms with Crippen LogP contribution in [0.15, 0.2) is 35.6 Å². The van der Waals surface area contributed by atoms with Crippen molar-refractivity contribution in [3.63, 3.8) is 0 Å². The normalized spacial score (nSPS) is 22.2. The summed E-state index contributed by atoms with van der Waals surface area (Å²) in [6, 6.07) is -0.346. The number of carbonyl (C=O) groups is 1. The van der Waals surface area contributed by atoms with Crippen LogP contribution in [0.25, 0.3) is 0 Å². The monoisotopic (exact) mass is 325 g/mol. The Hall–Kier alpha value is -1.62. The van der Waals surface area contributed by atoms with E-state index in [1.807, 2.05) is 11.9 Å². The minimum atomic E-state index is -1.54. The van der Waals surface area contributed by atoms with Crippen molar-refractivity contribution in [1.82, 2.24) is 4.90 Å². The highest BCUT2D eigenvalue weighted by Gasteiger charge is 2.27. The fourth-order valence-corrected chi connectivity index (χ4v) is 2.64. The van der Waals surface area contributed by atoms with Gasteiger partial charge in [0.15, 0.2) is 0 Å². The number of halogens is 1. The molecular weight excluding hydrogens is 297 g/mol. The molecule has 2 unspecified atom stereocenters. The van der Waals surface area contributed by atoms with Gasteiger partial charge in [0.05, 0.1) is 14.2 Å². The molecular formula is C18H28FNO3. The van der Waals surface area contributed by atoms with Crippen LogP contribution in [0.3, 0.4) is 0 Å². The van der Waals surface area contributed by atoms with Gasteiger partial charge in [0, 0.05) is 12.1 Å². The van der Waals surface area contributed by atoms with E-state index in [0.717, 1.165) is 18.4 Å². The molecule has 5 heteroatoms. The van der Waals surface area contributed by atoms with Crippen molar-refractivity contribution in [2.24, 2.45) is 0 Å². The number of nitrogens with zero attached hydrogens (tertiary/aromatic N) is 1. The van der Waals surface area contributed by atoms with Gasteiger partial charge in [-0.25, -0.2) is 4.39 Å². The lowest BCUT2D eigenvalue weighted by molar-refractivity contribution is -0.146. The molecule has 0 aromatic heterocycles. The smallest absolute Gasteiger partial charge is 0.323 e. The van der Waals surface area contributed by atoms with Gasteiger partial charge in [-0.1, -0.05) is 25.8 Å². The van der Waals surface area contributed by atoms with Crippen LogP contribution >= 0.6 is 0 Å². The van der Waals surface area contributed by atoms with E-state index in [1.54, 1.807) is 19.3 Å². The van der Waals surface area contributed by atoms with Crippen LogP contribution in [0.5, 0.6) is 0 Å². The van der Waals surface area contributed by atoms with E-state index < -0.39 is 5.67 Å². The number of carbonyl (C=O) groups excluding carboxylic acids is 1. The highest BCUT2D eigenvalue weighted by atomic mass is 19.1. The van der Waals surface area contributed by atoms with E-state index in [2.05, 4.69) is 6.92 Å². The predicted molar refractivity (Wildman–Crippen MR) is 89.8 cm³/mol. The summed E-state index contributed by atoms with van der Waals surface area (Å²) in [5, 5.41) is 0. The Bertz CT molecular complexity index is 494. The average molecular weight is 325 g/mol. The van der Waals surface area contributed by atoms with Crippen LogP contribution in [0.1, 0.15) is 33.1 Å². The summed E-state index contributed by atoms with van der Waals surface area (Å²) < 4.78 is 24.7. The molecule has 1 rings (SSSR count). The average Bonchev–Trinajstić information content (AvgIpc) is 2.64. The van der Waals surface area contributed by atoms with E-state index >= 15 is 0 Å². The van der Waals surface area contributed by atoms with Crippen LogP contribution in [-0.4, -0.2) is 50.4 Å². The second kappa shape index (κ2) is 8.87. The number of esters is 1. The summed E-state index contributed by atoms with van der Waals surface area (Å²) in [6.07, 6.45) is 9.05. The zero-order chi connectivity index (χ0) is 17.5. The molecule has 0 radical (unpaired) electrons. The zero-order valence-corrected chi connectivity index (χ0v) is 14.8. The number of alkyl halides is 1. The predicted octanol–water partition coefficient (Wildman–Crippen LogP) is 3.40. The number of likely N-dealkylation sites (N-methyl/N-ethyl adjacent to an activating group) is 1. The maximum absolute atomic E-state index is 14.4. The molecule has 1 aliphatic carbocycles. The number of ether oxygens (including phenoxy) is 2. The van der Waals surface area contributed by atoms with Gasteiger partial charge in [-0.05, 0) is 38.6 Å². The maximum Gasteiger partial charge on any atom is 0.323 e. The third kappa shape index (κ3) is 5.82. The van der Waals surface area contributed by atoms with Crippen molar-refractivity contribution in [3.05, 3.63) is 35.6 Å². The molecule has 0 saturated heterocycles. The van der Waals surface area contributed by atoms with Crippen LogP contribution in [0.4, 0.5) is 4.39 Å². The quantitative estimate of drug-likeness (QED) is 0.641. The SMILES string of the molecule is CCCCC(C(=O)OC)N(C)CC1=CC(C)(F)C=CC=C1OC. The maximum atomic E-state index is 14.4. The number of allylic oxidation sites excluding steroid dienone is 4. The van der Waals surface area contributed by atoms with Crippen LogP contribution in [-0.2, 0) is 14.3 Å². The fourth-order valence-electron chi connectivity index (χ4n) is 2.64. The van der Waals surface area contributed by atoms with Crippen molar-refractivity contribution in [1.29, 1.82) is 0 Å². The molecule has 4 nitrogen and oxygen atoms in total. The number of methoxy groups -OCH3 is 2.